The molecule has 0 saturated carbocycles. The van der Waals surface area contributed by atoms with Crippen LogP contribution >= 0.6 is 0 Å². The van der Waals surface area contributed by atoms with Crippen LogP contribution in [0.15, 0.2) is 36.5 Å². The van der Waals surface area contributed by atoms with Gasteiger partial charge in [-0.25, -0.2) is 0 Å². The molecule has 1 aromatic carbocycles. The summed E-state index contributed by atoms with van der Waals surface area (Å²) in [6.45, 7) is 6.63. The summed E-state index contributed by atoms with van der Waals surface area (Å²) >= 11 is 0. The van der Waals surface area contributed by atoms with Crippen LogP contribution in [0, 0.1) is 0 Å². The Morgan fingerprint density at radius 2 is 1.61 bits per heavy atom. The molecule has 2 aromatic rings. The van der Waals surface area contributed by atoms with Gasteiger partial charge in [0.05, 0.1) is 0 Å². The maximum Gasteiger partial charge on any atom is 0.262 e. The number of rotatable bonds is 8. The van der Waals surface area contributed by atoms with E-state index in [1.165, 1.54) is 29.7 Å². The summed E-state index contributed by atoms with van der Waals surface area (Å²) in [5.74, 6) is 0.106. The van der Waals surface area contributed by atoms with Crippen molar-refractivity contribution in [3.8, 4) is 0 Å². The molecule has 23 heavy (non-hydrogen) atoms. The SMILES string of the molecule is CCCCc1cn(C(=O)c2ccccc2)c(CCC)c1CCC. The number of carbonyl (C=O) groups is 1. The second-order valence-electron chi connectivity index (χ2n) is 6.22. The third-order valence-corrected chi connectivity index (χ3v) is 4.34. The molecule has 0 spiro atoms. The second-order valence-corrected chi connectivity index (χ2v) is 6.22. The third-order valence-electron chi connectivity index (χ3n) is 4.34. The van der Waals surface area contributed by atoms with Crippen molar-refractivity contribution in [2.45, 2.75) is 65.7 Å². The molecule has 124 valence electrons. The lowest BCUT2D eigenvalue weighted by Gasteiger charge is -2.10. The van der Waals surface area contributed by atoms with Crippen LogP contribution in [0.4, 0.5) is 0 Å². The minimum absolute atomic E-state index is 0.106. The van der Waals surface area contributed by atoms with Gasteiger partial charge < -0.3 is 0 Å². The van der Waals surface area contributed by atoms with Crippen molar-refractivity contribution in [2.24, 2.45) is 0 Å². The average molecular weight is 311 g/mol. The molecule has 0 fully saturated rings. The Labute approximate surface area is 140 Å². The Bertz CT molecular complexity index is 625. The molecule has 2 rings (SSSR count). The van der Waals surface area contributed by atoms with Gasteiger partial charge >= 0.3 is 0 Å². The summed E-state index contributed by atoms with van der Waals surface area (Å²) in [5, 5.41) is 0. The molecule has 2 heteroatoms. The molecule has 0 saturated heterocycles. The number of hydrogen-bond donors (Lipinski definition) is 0. The summed E-state index contributed by atoms with van der Waals surface area (Å²) in [5.41, 5.74) is 4.80. The van der Waals surface area contributed by atoms with Crippen molar-refractivity contribution in [1.29, 1.82) is 0 Å². The van der Waals surface area contributed by atoms with E-state index in [9.17, 15) is 4.79 Å². The summed E-state index contributed by atoms with van der Waals surface area (Å²) in [6, 6.07) is 9.63. The zero-order valence-electron chi connectivity index (χ0n) is 14.8. The van der Waals surface area contributed by atoms with Gasteiger partial charge in [-0.05, 0) is 48.9 Å². The third kappa shape index (κ3) is 4.13. The molecule has 1 heterocycles. The highest BCUT2D eigenvalue weighted by molar-refractivity contribution is 5.96. The van der Waals surface area contributed by atoms with Gasteiger partial charge in [-0.1, -0.05) is 58.2 Å². The fourth-order valence-corrected chi connectivity index (χ4v) is 3.19. The Morgan fingerprint density at radius 3 is 2.22 bits per heavy atom. The largest absolute Gasteiger partial charge is 0.287 e. The van der Waals surface area contributed by atoms with E-state index in [1.54, 1.807) is 0 Å². The summed E-state index contributed by atoms with van der Waals surface area (Å²) in [7, 11) is 0. The van der Waals surface area contributed by atoms with Gasteiger partial charge in [0, 0.05) is 17.5 Å². The first-order valence-corrected chi connectivity index (χ1v) is 9.04. The van der Waals surface area contributed by atoms with Gasteiger partial charge in [0.2, 0.25) is 0 Å². The van der Waals surface area contributed by atoms with E-state index in [-0.39, 0.29) is 5.91 Å². The maximum atomic E-state index is 12.9. The van der Waals surface area contributed by atoms with Crippen LogP contribution in [0.25, 0.3) is 0 Å². The molecule has 0 bridgehead atoms. The molecule has 2 nitrogen and oxygen atoms in total. The predicted molar refractivity (Wildman–Crippen MR) is 97.2 cm³/mol. The molecular formula is C21H29NO. The fraction of sp³-hybridized carbons (Fsp3) is 0.476. The van der Waals surface area contributed by atoms with Gasteiger partial charge in [0.15, 0.2) is 0 Å². The molecule has 0 unspecified atom stereocenters. The van der Waals surface area contributed by atoms with Gasteiger partial charge in [-0.15, -0.1) is 0 Å². The number of unbranched alkanes of at least 4 members (excludes halogenated alkanes) is 1. The highest BCUT2D eigenvalue weighted by Gasteiger charge is 2.19. The summed E-state index contributed by atoms with van der Waals surface area (Å²) < 4.78 is 1.93. The van der Waals surface area contributed by atoms with Gasteiger partial charge in [0.1, 0.15) is 0 Å². The molecule has 0 aliphatic rings. The summed E-state index contributed by atoms with van der Waals surface area (Å²) in [4.78, 5) is 12.9. The molecule has 0 aliphatic carbocycles. The van der Waals surface area contributed by atoms with Crippen LogP contribution in [-0.4, -0.2) is 10.5 Å². The average Bonchev–Trinajstić information content (AvgIpc) is 2.92. The zero-order chi connectivity index (χ0) is 16.7. The molecule has 0 aliphatic heterocycles. The lowest BCUT2D eigenvalue weighted by molar-refractivity contribution is 0.0957. The standard InChI is InChI=1S/C21H29NO/c1-4-7-13-18-16-22(20(12-6-3)19(18)11-5-2)21(23)17-14-9-8-10-15-17/h8-10,14-16H,4-7,11-13H2,1-3H3. The van der Waals surface area contributed by atoms with E-state index >= 15 is 0 Å². The lowest BCUT2D eigenvalue weighted by atomic mass is 10.00. The first-order valence-electron chi connectivity index (χ1n) is 9.04. The Morgan fingerprint density at radius 1 is 0.913 bits per heavy atom. The van der Waals surface area contributed by atoms with E-state index in [1.807, 2.05) is 34.9 Å². The van der Waals surface area contributed by atoms with Crippen molar-refractivity contribution < 1.29 is 4.79 Å². The Hall–Kier alpha value is -1.83. The number of benzene rings is 1. The minimum atomic E-state index is 0.106. The Kier molecular flexibility index (Phi) is 6.64. The monoisotopic (exact) mass is 311 g/mol. The first-order chi connectivity index (χ1) is 11.2. The van der Waals surface area contributed by atoms with E-state index in [4.69, 9.17) is 0 Å². The van der Waals surface area contributed by atoms with Gasteiger partial charge in [-0.3, -0.25) is 9.36 Å². The van der Waals surface area contributed by atoms with Crippen molar-refractivity contribution in [3.63, 3.8) is 0 Å². The number of carbonyl (C=O) groups excluding carboxylic acids is 1. The highest BCUT2D eigenvalue weighted by atomic mass is 16.2. The molecule has 0 amide bonds. The molecular weight excluding hydrogens is 282 g/mol. The van der Waals surface area contributed by atoms with E-state index in [0.717, 1.165) is 37.7 Å². The van der Waals surface area contributed by atoms with Crippen molar-refractivity contribution in [3.05, 3.63) is 58.9 Å². The van der Waals surface area contributed by atoms with Crippen molar-refractivity contribution in [1.82, 2.24) is 4.57 Å². The first kappa shape index (κ1) is 17.5. The van der Waals surface area contributed by atoms with E-state index in [2.05, 4.69) is 27.0 Å². The van der Waals surface area contributed by atoms with Crippen LogP contribution in [0.1, 0.15) is 73.6 Å². The van der Waals surface area contributed by atoms with Crippen LogP contribution in [0.2, 0.25) is 0 Å². The van der Waals surface area contributed by atoms with Crippen molar-refractivity contribution >= 4 is 5.91 Å². The normalized spacial score (nSPS) is 10.9. The number of nitrogens with zero attached hydrogens (tertiary/aromatic N) is 1. The van der Waals surface area contributed by atoms with Crippen LogP contribution in [0.3, 0.4) is 0 Å². The molecule has 0 radical (unpaired) electrons. The molecule has 0 N–H and O–H groups in total. The second kappa shape index (κ2) is 8.71. The van der Waals surface area contributed by atoms with Gasteiger partial charge in [0.25, 0.3) is 5.91 Å². The van der Waals surface area contributed by atoms with Crippen molar-refractivity contribution in [2.75, 3.05) is 0 Å². The number of hydrogen-bond acceptors (Lipinski definition) is 1. The van der Waals surface area contributed by atoms with E-state index < -0.39 is 0 Å². The maximum absolute atomic E-state index is 12.9. The van der Waals surface area contributed by atoms with E-state index in [0.29, 0.717) is 0 Å². The van der Waals surface area contributed by atoms with Gasteiger partial charge in [-0.2, -0.15) is 0 Å². The predicted octanol–water partition coefficient (Wildman–Crippen LogP) is 5.42. The number of aromatic nitrogens is 1. The lowest BCUT2D eigenvalue weighted by Crippen LogP contribution is -2.14. The topological polar surface area (TPSA) is 22.0 Å². The zero-order valence-corrected chi connectivity index (χ0v) is 14.8. The number of aryl methyl sites for hydroxylation is 1. The van der Waals surface area contributed by atoms with Crippen LogP contribution < -0.4 is 0 Å². The Balaban J connectivity index is 2.46. The summed E-state index contributed by atoms with van der Waals surface area (Å²) in [6.07, 6.45) is 9.80. The smallest absolute Gasteiger partial charge is 0.262 e. The fourth-order valence-electron chi connectivity index (χ4n) is 3.19. The molecule has 1 aromatic heterocycles. The van der Waals surface area contributed by atoms with Crippen LogP contribution in [-0.2, 0) is 19.3 Å². The highest BCUT2D eigenvalue weighted by Crippen LogP contribution is 2.24. The quantitative estimate of drug-likeness (QED) is 0.637. The minimum Gasteiger partial charge on any atom is -0.287 e. The molecule has 0 atom stereocenters. The van der Waals surface area contributed by atoms with Crippen LogP contribution in [0.5, 0.6) is 0 Å².